The van der Waals surface area contributed by atoms with E-state index in [2.05, 4.69) is 27.3 Å². The molecule has 2 aromatic rings. The number of nitrogens with one attached hydrogen (secondary N) is 1. The lowest BCUT2D eigenvalue weighted by atomic mass is 10.1. The Labute approximate surface area is 127 Å². The SMILES string of the molecule is Cc1cc(C2CCCN2C(=O)NCCc2ccsc2)on1. The largest absolute Gasteiger partial charge is 0.359 e. The molecule has 0 spiro atoms. The lowest BCUT2D eigenvalue weighted by Gasteiger charge is -2.23. The number of likely N-dealkylation sites (tertiary alicyclic amines) is 1. The minimum absolute atomic E-state index is 0.0122. The number of aryl methyl sites for hydroxylation is 1. The van der Waals surface area contributed by atoms with E-state index in [1.54, 1.807) is 11.3 Å². The Hall–Kier alpha value is -1.82. The number of nitrogens with zero attached hydrogens (tertiary/aromatic N) is 2. The average molecular weight is 305 g/mol. The Balaban J connectivity index is 1.55. The van der Waals surface area contributed by atoms with Gasteiger partial charge in [0.25, 0.3) is 0 Å². The van der Waals surface area contributed by atoms with Crippen LogP contribution < -0.4 is 5.32 Å². The minimum atomic E-state index is -0.0122. The second kappa shape index (κ2) is 6.30. The van der Waals surface area contributed by atoms with Crippen LogP contribution in [0.25, 0.3) is 0 Å². The van der Waals surface area contributed by atoms with Crippen LogP contribution in [-0.4, -0.2) is 29.2 Å². The Morgan fingerprint density at radius 2 is 2.52 bits per heavy atom. The van der Waals surface area contributed by atoms with E-state index in [1.165, 1.54) is 5.56 Å². The first kappa shape index (κ1) is 14.1. The normalized spacial score (nSPS) is 18.1. The molecule has 3 rings (SSSR count). The molecule has 0 bridgehead atoms. The first-order valence-corrected chi connectivity index (χ1v) is 8.17. The van der Waals surface area contributed by atoms with Crippen molar-refractivity contribution in [2.24, 2.45) is 0 Å². The van der Waals surface area contributed by atoms with E-state index in [0.717, 1.165) is 37.3 Å². The Morgan fingerprint density at radius 3 is 3.24 bits per heavy atom. The van der Waals surface area contributed by atoms with Crippen molar-refractivity contribution in [2.45, 2.75) is 32.2 Å². The number of rotatable bonds is 4. The molecule has 112 valence electrons. The maximum Gasteiger partial charge on any atom is 0.318 e. The zero-order valence-electron chi connectivity index (χ0n) is 12.0. The van der Waals surface area contributed by atoms with Gasteiger partial charge < -0.3 is 14.7 Å². The van der Waals surface area contributed by atoms with Gasteiger partial charge in [0.15, 0.2) is 5.76 Å². The highest BCUT2D eigenvalue weighted by Gasteiger charge is 2.32. The van der Waals surface area contributed by atoms with Crippen molar-refractivity contribution in [3.63, 3.8) is 0 Å². The van der Waals surface area contributed by atoms with Gasteiger partial charge in [0.2, 0.25) is 0 Å². The number of carbonyl (C=O) groups excluding carboxylic acids is 1. The summed E-state index contributed by atoms with van der Waals surface area (Å²) in [6, 6.07) is 4.02. The fraction of sp³-hybridized carbons (Fsp3) is 0.467. The van der Waals surface area contributed by atoms with Gasteiger partial charge in [-0.1, -0.05) is 5.16 Å². The summed E-state index contributed by atoms with van der Waals surface area (Å²) in [6.07, 6.45) is 2.81. The average Bonchev–Trinajstić information content (AvgIpc) is 3.18. The minimum Gasteiger partial charge on any atom is -0.359 e. The van der Waals surface area contributed by atoms with Crippen molar-refractivity contribution in [2.75, 3.05) is 13.1 Å². The van der Waals surface area contributed by atoms with Gasteiger partial charge in [0.1, 0.15) is 0 Å². The fourth-order valence-electron chi connectivity index (χ4n) is 2.70. The maximum atomic E-state index is 12.3. The summed E-state index contributed by atoms with van der Waals surface area (Å²) in [5, 5.41) is 11.1. The van der Waals surface area contributed by atoms with Crippen LogP contribution in [0, 0.1) is 6.92 Å². The van der Waals surface area contributed by atoms with Gasteiger partial charge in [-0.25, -0.2) is 4.79 Å². The van der Waals surface area contributed by atoms with Crippen molar-refractivity contribution >= 4 is 17.4 Å². The molecule has 0 aromatic carbocycles. The number of hydrogen-bond acceptors (Lipinski definition) is 4. The molecule has 1 unspecified atom stereocenters. The number of amides is 2. The summed E-state index contributed by atoms with van der Waals surface area (Å²) in [6.45, 7) is 3.33. The number of hydrogen-bond donors (Lipinski definition) is 1. The second-order valence-electron chi connectivity index (χ2n) is 5.34. The van der Waals surface area contributed by atoms with Gasteiger partial charge in [0, 0.05) is 19.2 Å². The number of urea groups is 1. The van der Waals surface area contributed by atoms with Crippen LogP contribution in [0.5, 0.6) is 0 Å². The summed E-state index contributed by atoms with van der Waals surface area (Å²) >= 11 is 1.68. The van der Waals surface area contributed by atoms with E-state index in [0.29, 0.717) is 6.54 Å². The maximum absolute atomic E-state index is 12.3. The smallest absolute Gasteiger partial charge is 0.318 e. The first-order valence-electron chi connectivity index (χ1n) is 7.23. The van der Waals surface area contributed by atoms with Gasteiger partial charge in [-0.3, -0.25) is 0 Å². The molecular weight excluding hydrogens is 286 g/mol. The van der Waals surface area contributed by atoms with Crippen molar-refractivity contribution in [1.29, 1.82) is 0 Å². The molecule has 21 heavy (non-hydrogen) atoms. The van der Waals surface area contributed by atoms with Crippen LogP contribution in [0.3, 0.4) is 0 Å². The highest BCUT2D eigenvalue weighted by Crippen LogP contribution is 2.32. The van der Waals surface area contributed by atoms with Crippen LogP contribution >= 0.6 is 11.3 Å². The molecule has 0 radical (unpaired) electrons. The third kappa shape index (κ3) is 3.26. The Bertz CT molecular complexity index is 594. The van der Waals surface area contributed by atoms with Gasteiger partial charge in [-0.05, 0) is 48.6 Å². The first-order chi connectivity index (χ1) is 10.2. The molecule has 2 aromatic heterocycles. The van der Waals surface area contributed by atoms with E-state index >= 15 is 0 Å². The van der Waals surface area contributed by atoms with Crippen molar-refractivity contribution in [3.05, 3.63) is 39.9 Å². The quantitative estimate of drug-likeness (QED) is 0.944. The van der Waals surface area contributed by atoms with Crippen molar-refractivity contribution in [1.82, 2.24) is 15.4 Å². The van der Waals surface area contributed by atoms with Crippen LogP contribution in [-0.2, 0) is 6.42 Å². The Morgan fingerprint density at radius 1 is 1.62 bits per heavy atom. The number of carbonyl (C=O) groups is 1. The summed E-state index contributed by atoms with van der Waals surface area (Å²) in [5.41, 5.74) is 2.12. The molecule has 3 heterocycles. The molecule has 6 heteroatoms. The molecule has 1 saturated heterocycles. The van der Waals surface area contributed by atoms with Crippen LogP contribution in [0.2, 0.25) is 0 Å². The standard InChI is InChI=1S/C15H19N3O2S/c1-11-9-14(20-17-11)13-3-2-7-18(13)15(19)16-6-4-12-5-8-21-10-12/h5,8-10,13H,2-4,6-7H2,1H3,(H,16,19). The monoisotopic (exact) mass is 305 g/mol. The molecular formula is C15H19N3O2S. The lowest BCUT2D eigenvalue weighted by molar-refractivity contribution is 0.182. The lowest BCUT2D eigenvalue weighted by Crippen LogP contribution is -2.40. The predicted molar refractivity (Wildman–Crippen MR) is 81.3 cm³/mol. The van der Waals surface area contributed by atoms with Crippen LogP contribution in [0.15, 0.2) is 27.4 Å². The third-order valence-corrected chi connectivity index (χ3v) is 4.49. The zero-order chi connectivity index (χ0) is 14.7. The van der Waals surface area contributed by atoms with Crippen molar-refractivity contribution in [3.8, 4) is 0 Å². The molecule has 0 saturated carbocycles. The van der Waals surface area contributed by atoms with Crippen LogP contribution in [0.1, 0.15) is 35.9 Å². The van der Waals surface area contributed by atoms with Gasteiger partial charge in [-0.15, -0.1) is 0 Å². The number of aromatic nitrogens is 1. The second-order valence-corrected chi connectivity index (χ2v) is 6.12. The molecule has 1 aliphatic heterocycles. The molecule has 0 aliphatic carbocycles. The van der Waals surface area contributed by atoms with E-state index in [1.807, 2.05) is 17.9 Å². The Kier molecular flexibility index (Phi) is 4.24. The fourth-order valence-corrected chi connectivity index (χ4v) is 3.40. The summed E-state index contributed by atoms with van der Waals surface area (Å²) in [7, 11) is 0. The summed E-state index contributed by atoms with van der Waals surface area (Å²) < 4.78 is 5.32. The predicted octanol–water partition coefficient (Wildman–Crippen LogP) is 3.13. The van der Waals surface area contributed by atoms with E-state index in [-0.39, 0.29) is 12.1 Å². The van der Waals surface area contributed by atoms with Gasteiger partial charge in [-0.2, -0.15) is 11.3 Å². The van der Waals surface area contributed by atoms with Crippen molar-refractivity contribution < 1.29 is 9.32 Å². The van der Waals surface area contributed by atoms with Gasteiger partial charge >= 0.3 is 6.03 Å². The highest BCUT2D eigenvalue weighted by molar-refractivity contribution is 7.07. The summed E-state index contributed by atoms with van der Waals surface area (Å²) in [4.78, 5) is 14.2. The molecule has 1 atom stereocenters. The van der Waals surface area contributed by atoms with E-state index in [9.17, 15) is 4.79 Å². The molecule has 1 N–H and O–H groups in total. The topological polar surface area (TPSA) is 58.4 Å². The summed E-state index contributed by atoms with van der Waals surface area (Å²) in [5.74, 6) is 0.790. The zero-order valence-corrected chi connectivity index (χ0v) is 12.9. The van der Waals surface area contributed by atoms with Crippen LogP contribution in [0.4, 0.5) is 4.79 Å². The molecule has 2 amide bonds. The highest BCUT2D eigenvalue weighted by atomic mass is 32.1. The molecule has 5 nitrogen and oxygen atoms in total. The van der Waals surface area contributed by atoms with E-state index in [4.69, 9.17) is 4.52 Å². The third-order valence-electron chi connectivity index (χ3n) is 3.76. The molecule has 1 aliphatic rings. The number of thiophene rings is 1. The van der Waals surface area contributed by atoms with Gasteiger partial charge in [0.05, 0.1) is 11.7 Å². The van der Waals surface area contributed by atoms with E-state index < -0.39 is 0 Å². The molecule has 1 fully saturated rings.